The van der Waals surface area contributed by atoms with Gasteiger partial charge in [-0.05, 0) is 54.1 Å². The lowest BCUT2D eigenvalue weighted by molar-refractivity contribution is -0.114. The van der Waals surface area contributed by atoms with Gasteiger partial charge in [-0.1, -0.05) is 30.3 Å². The van der Waals surface area contributed by atoms with E-state index in [-0.39, 0.29) is 4.90 Å². The standard InChI is InChI=1S/C23H24N2O5S/c1-29-17-18-7-6-8-19(15-18)24-23(26)16-25(20-11-13-21(30-2)14-12-20)31(27,28)22-9-4-3-5-10-22/h3-15H,16-17H2,1-2H3,(H,24,26). The van der Waals surface area contributed by atoms with E-state index in [1.54, 1.807) is 67.8 Å². The number of carbonyl (C=O) groups is 1. The molecule has 31 heavy (non-hydrogen) atoms. The summed E-state index contributed by atoms with van der Waals surface area (Å²) in [5.74, 6) is 0.116. The minimum atomic E-state index is -3.97. The Morgan fingerprint density at radius 1 is 0.935 bits per heavy atom. The molecule has 0 aliphatic rings. The van der Waals surface area contributed by atoms with Crippen LogP contribution in [0.4, 0.5) is 11.4 Å². The predicted molar refractivity (Wildman–Crippen MR) is 120 cm³/mol. The molecule has 0 fully saturated rings. The van der Waals surface area contributed by atoms with Gasteiger partial charge >= 0.3 is 0 Å². The number of hydrogen-bond acceptors (Lipinski definition) is 5. The number of nitrogens with zero attached hydrogens (tertiary/aromatic N) is 1. The molecule has 0 heterocycles. The number of carbonyl (C=O) groups excluding carboxylic acids is 1. The van der Waals surface area contributed by atoms with Gasteiger partial charge in [-0.15, -0.1) is 0 Å². The number of amides is 1. The first kappa shape index (κ1) is 22.3. The molecule has 0 radical (unpaired) electrons. The Morgan fingerprint density at radius 2 is 1.65 bits per heavy atom. The van der Waals surface area contributed by atoms with Crippen LogP contribution in [0.2, 0.25) is 0 Å². The third kappa shape index (κ3) is 5.62. The van der Waals surface area contributed by atoms with E-state index < -0.39 is 22.5 Å². The van der Waals surface area contributed by atoms with Crippen molar-refractivity contribution in [1.29, 1.82) is 0 Å². The second-order valence-electron chi connectivity index (χ2n) is 6.70. The highest BCUT2D eigenvalue weighted by atomic mass is 32.2. The molecular weight excluding hydrogens is 416 g/mol. The summed E-state index contributed by atoms with van der Waals surface area (Å²) in [4.78, 5) is 12.9. The number of ether oxygens (including phenoxy) is 2. The van der Waals surface area contributed by atoms with E-state index in [0.717, 1.165) is 9.87 Å². The minimum absolute atomic E-state index is 0.0979. The van der Waals surface area contributed by atoms with Crippen molar-refractivity contribution in [2.75, 3.05) is 30.4 Å². The summed E-state index contributed by atoms with van der Waals surface area (Å²) in [6.45, 7) is 0.0160. The number of methoxy groups -OCH3 is 2. The zero-order valence-corrected chi connectivity index (χ0v) is 18.1. The normalized spacial score (nSPS) is 11.0. The SMILES string of the molecule is COCc1cccc(NC(=O)CN(c2ccc(OC)cc2)S(=O)(=O)c2ccccc2)c1. The molecule has 162 valence electrons. The summed E-state index contributed by atoms with van der Waals surface area (Å²) in [5, 5.41) is 2.76. The Bertz CT molecular complexity index is 1120. The lowest BCUT2D eigenvalue weighted by atomic mass is 10.2. The van der Waals surface area contributed by atoms with Crippen molar-refractivity contribution >= 4 is 27.3 Å². The van der Waals surface area contributed by atoms with E-state index in [0.29, 0.717) is 23.7 Å². The highest BCUT2D eigenvalue weighted by Crippen LogP contribution is 2.26. The molecule has 0 spiro atoms. The number of benzene rings is 3. The summed E-state index contributed by atoms with van der Waals surface area (Å²) in [5.41, 5.74) is 1.81. The molecule has 3 rings (SSSR count). The van der Waals surface area contributed by atoms with Gasteiger partial charge in [0.2, 0.25) is 5.91 Å². The Morgan fingerprint density at radius 3 is 2.29 bits per heavy atom. The fraction of sp³-hybridized carbons (Fsp3) is 0.174. The van der Waals surface area contributed by atoms with Crippen LogP contribution >= 0.6 is 0 Å². The first-order chi connectivity index (χ1) is 14.9. The van der Waals surface area contributed by atoms with Crippen molar-refractivity contribution in [2.45, 2.75) is 11.5 Å². The van der Waals surface area contributed by atoms with Gasteiger partial charge in [0.1, 0.15) is 12.3 Å². The monoisotopic (exact) mass is 440 g/mol. The lowest BCUT2D eigenvalue weighted by Crippen LogP contribution is -2.38. The Kier molecular flexibility index (Phi) is 7.28. The quantitative estimate of drug-likeness (QED) is 0.549. The zero-order chi connectivity index (χ0) is 22.3. The second kappa shape index (κ2) is 10.1. The Labute approximate surface area is 182 Å². The largest absolute Gasteiger partial charge is 0.497 e. The average molecular weight is 441 g/mol. The van der Waals surface area contributed by atoms with E-state index >= 15 is 0 Å². The van der Waals surface area contributed by atoms with Gasteiger partial charge in [-0.3, -0.25) is 9.10 Å². The molecule has 7 nitrogen and oxygen atoms in total. The molecule has 0 unspecified atom stereocenters. The van der Waals surface area contributed by atoms with E-state index in [1.807, 2.05) is 6.07 Å². The zero-order valence-electron chi connectivity index (χ0n) is 17.3. The molecule has 3 aromatic carbocycles. The summed E-state index contributed by atoms with van der Waals surface area (Å²) >= 11 is 0. The van der Waals surface area contributed by atoms with Crippen LogP contribution in [0.1, 0.15) is 5.56 Å². The predicted octanol–water partition coefficient (Wildman–Crippen LogP) is 3.68. The molecule has 8 heteroatoms. The summed E-state index contributed by atoms with van der Waals surface area (Å²) in [6.07, 6.45) is 0. The van der Waals surface area contributed by atoms with Crippen LogP contribution in [0.3, 0.4) is 0 Å². The van der Waals surface area contributed by atoms with Crippen LogP contribution in [0.25, 0.3) is 0 Å². The van der Waals surface area contributed by atoms with Gasteiger partial charge in [0, 0.05) is 12.8 Å². The fourth-order valence-corrected chi connectivity index (χ4v) is 4.46. The maximum Gasteiger partial charge on any atom is 0.264 e. The van der Waals surface area contributed by atoms with Crippen LogP contribution in [0, 0.1) is 0 Å². The van der Waals surface area contributed by atoms with Gasteiger partial charge in [-0.25, -0.2) is 8.42 Å². The Hall–Kier alpha value is -3.36. The molecule has 0 aliphatic heterocycles. The van der Waals surface area contributed by atoms with Gasteiger partial charge in [0.15, 0.2) is 0 Å². The number of hydrogen-bond donors (Lipinski definition) is 1. The van der Waals surface area contributed by atoms with Crippen LogP contribution in [-0.4, -0.2) is 35.1 Å². The van der Waals surface area contributed by atoms with Gasteiger partial charge < -0.3 is 14.8 Å². The molecule has 0 bridgehead atoms. The fourth-order valence-electron chi connectivity index (χ4n) is 3.02. The van der Waals surface area contributed by atoms with Gasteiger partial charge in [0.25, 0.3) is 10.0 Å². The minimum Gasteiger partial charge on any atom is -0.497 e. The first-order valence-electron chi connectivity index (χ1n) is 9.53. The van der Waals surface area contributed by atoms with Crippen LogP contribution in [0.15, 0.2) is 83.8 Å². The lowest BCUT2D eigenvalue weighted by Gasteiger charge is -2.24. The molecule has 0 aromatic heterocycles. The second-order valence-corrected chi connectivity index (χ2v) is 8.57. The van der Waals surface area contributed by atoms with Crippen LogP contribution in [-0.2, 0) is 26.2 Å². The van der Waals surface area contributed by atoms with Gasteiger partial charge in [-0.2, -0.15) is 0 Å². The molecule has 0 aliphatic carbocycles. The molecule has 0 saturated heterocycles. The third-order valence-electron chi connectivity index (χ3n) is 4.50. The van der Waals surface area contributed by atoms with Crippen molar-refractivity contribution < 1.29 is 22.7 Å². The maximum absolute atomic E-state index is 13.3. The highest BCUT2D eigenvalue weighted by molar-refractivity contribution is 7.92. The molecule has 3 aromatic rings. The topological polar surface area (TPSA) is 84.9 Å². The smallest absolute Gasteiger partial charge is 0.264 e. The van der Waals surface area contributed by atoms with Gasteiger partial charge in [0.05, 0.1) is 24.3 Å². The summed E-state index contributed by atoms with van der Waals surface area (Å²) < 4.78 is 38.0. The molecule has 1 amide bonds. The molecule has 1 N–H and O–H groups in total. The summed E-state index contributed by atoms with van der Waals surface area (Å²) in [7, 11) is -0.850. The van der Waals surface area contributed by atoms with E-state index in [9.17, 15) is 13.2 Å². The van der Waals surface area contributed by atoms with Crippen molar-refractivity contribution in [1.82, 2.24) is 0 Å². The number of rotatable bonds is 9. The van der Waals surface area contributed by atoms with Crippen molar-refractivity contribution in [3.05, 3.63) is 84.4 Å². The highest BCUT2D eigenvalue weighted by Gasteiger charge is 2.27. The first-order valence-corrected chi connectivity index (χ1v) is 11.0. The molecular formula is C23H24N2O5S. The van der Waals surface area contributed by atoms with E-state index in [4.69, 9.17) is 9.47 Å². The van der Waals surface area contributed by atoms with Crippen LogP contribution < -0.4 is 14.4 Å². The molecule has 0 saturated carbocycles. The van der Waals surface area contributed by atoms with E-state index in [2.05, 4.69) is 5.32 Å². The average Bonchev–Trinajstić information content (AvgIpc) is 2.78. The Balaban J connectivity index is 1.89. The molecule has 0 atom stereocenters. The number of anilines is 2. The van der Waals surface area contributed by atoms with Crippen molar-refractivity contribution in [2.24, 2.45) is 0 Å². The summed E-state index contributed by atoms with van der Waals surface area (Å²) in [6, 6.07) is 21.7. The number of nitrogens with one attached hydrogen (secondary N) is 1. The van der Waals surface area contributed by atoms with E-state index in [1.165, 1.54) is 19.2 Å². The van der Waals surface area contributed by atoms with Crippen LogP contribution in [0.5, 0.6) is 5.75 Å². The maximum atomic E-state index is 13.3. The number of sulfonamides is 1. The third-order valence-corrected chi connectivity index (χ3v) is 6.29. The van der Waals surface area contributed by atoms with Crippen molar-refractivity contribution in [3.63, 3.8) is 0 Å². The van der Waals surface area contributed by atoms with Crippen molar-refractivity contribution in [3.8, 4) is 5.75 Å².